The van der Waals surface area contributed by atoms with Crippen LogP contribution in [-0.2, 0) is 64.0 Å². The van der Waals surface area contributed by atoms with E-state index in [1.165, 1.54) is 6.92 Å². The van der Waals surface area contributed by atoms with E-state index in [2.05, 4.69) is 31.9 Å². The van der Waals surface area contributed by atoms with Crippen LogP contribution >= 0.6 is 0 Å². The second-order valence-corrected chi connectivity index (χ2v) is 16.6. The molecule has 8 atom stereocenters. The van der Waals surface area contributed by atoms with Gasteiger partial charge in [0, 0.05) is 19.3 Å². The Morgan fingerprint density at radius 1 is 0.478 bits per heavy atom. The van der Waals surface area contributed by atoms with Crippen molar-refractivity contribution in [2.75, 3.05) is 0 Å². The second-order valence-electron chi connectivity index (χ2n) is 16.6. The van der Waals surface area contributed by atoms with E-state index < -0.39 is 158 Å². The Morgan fingerprint density at radius 3 is 1.33 bits per heavy atom. The predicted octanol–water partition coefficient (Wildman–Crippen LogP) is -2.77. The first-order valence-electron chi connectivity index (χ1n) is 21.3. The minimum absolute atomic E-state index is 0.0178. The molecular formula is C42H63N9O16. The molecule has 67 heavy (non-hydrogen) atoms. The number of rotatable bonds is 31. The minimum atomic E-state index is -1.97. The highest BCUT2D eigenvalue weighted by Gasteiger charge is 2.35. The highest BCUT2D eigenvalue weighted by atomic mass is 16.4. The van der Waals surface area contributed by atoms with E-state index >= 15 is 0 Å². The van der Waals surface area contributed by atoms with Crippen molar-refractivity contribution in [2.24, 2.45) is 23.3 Å². The van der Waals surface area contributed by atoms with Gasteiger partial charge in [-0.15, -0.1) is 0 Å². The standard InChI is InChI=1S/C42H63N9O16/c1-20(2)15-26(37(61)45-22(5)42(66)67)48-38(62)27(16-21(3)4)49-39(63)28(17-23-9-7-6-8-10-23)50-36(60)25(12-14-33(55)56)46-40(64)29(18-31(44)52)51-41(65)30(19-34(57)58)47-35(59)24(43)11-13-32(53)54/h6-10,20-22,24-30H,11-19,43H2,1-5H3,(H2,44,52)(H,45,61)(H,46,64)(H,47,59)(H,48,62)(H,49,63)(H,50,60)(H,51,65)(H,53,54)(H,55,56)(H,57,58)(H,66,67). The van der Waals surface area contributed by atoms with Gasteiger partial charge in [0.1, 0.15) is 42.3 Å². The zero-order valence-electron chi connectivity index (χ0n) is 37.9. The van der Waals surface area contributed by atoms with Gasteiger partial charge >= 0.3 is 23.9 Å². The molecule has 0 saturated heterocycles. The first kappa shape index (κ1) is 57.8. The van der Waals surface area contributed by atoms with Gasteiger partial charge in [-0.3, -0.25) is 57.5 Å². The predicted molar refractivity (Wildman–Crippen MR) is 234 cm³/mol. The van der Waals surface area contributed by atoms with Crippen LogP contribution in [0.4, 0.5) is 0 Å². The van der Waals surface area contributed by atoms with Crippen molar-refractivity contribution in [3.63, 3.8) is 0 Å². The molecule has 0 heterocycles. The summed E-state index contributed by atoms with van der Waals surface area (Å²) in [6, 6.07) is -4.39. The third kappa shape index (κ3) is 23.0. The van der Waals surface area contributed by atoms with Gasteiger partial charge in [0.15, 0.2) is 0 Å². The number of benzene rings is 1. The lowest BCUT2D eigenvalue weighted by Crippen LogP contribution is -2.61. The number of carboxylic acid groups (broad SMARTS) is 4. The number of carboxylic acids is 4. The number of hydrogen-bond acceptors (Lipinski definition) is 13. The summed E-state index contributed by atoms with van der Waals surface area (Å²) >= 11 is 0. The van der Waals surface area contributed by atoms with Crippen molar-refractivity contribution in [2.45, 2.75) is 141 Å². The molecule has 0 spiro atoms. The summed E-state index contributed by atoms with van der Waals surface area (Å²) in [5.41, 5.74) is 11.5. The normalized spacial score (nSPS) is 14.6. The molecule has 372 valence electrons. The second kappa shape index (κ2) is 28.7. The van der Waals surface area contributed by atoms with E-state index in [0.29, 0.717) is 5.56 Å². The Labute approximate surface area is 385 Å². The summed E-state index contributed by atoms with van der Waals surface area (Å²) in [5.74, 6) is -14.7. The molecule has 25 heteroatoms. The molecule has 8 unspecified atom stereocenters. The fourth-order valence-corrected chi connectivity index (χ4v) is 6.22. The molecule has 0 saturated carbocycles. The van der Waals surface area contributed by atoms with Gasteiger partial charge in [0.2, 0.25) is 47.3 Å². The van der Waals surface area contributed by atoms with E-state index in [1.807, 2.05) is 5.32 Å². The molecule has 0 aliphatic rings. The molecule has 0 aromatic heterocycles. The molecule has 0 radical (unpaired) electrons. The number of hydrogen-bond donors (Lipinski definition) is 13. The molecular weight excluding hydrogens is 887 g/mol. The monoisotopic (exact) mass is 949 g/mol. The maximum Gasteiger partial charge on any atom is 0.325 e. The van der Waals surface area contributed by atoms with Gasteiger partial charge in [-0.2, -0.15) is 0 Å². The van der Waals surface area contributed by atoms with Gasteiger partial charge in [0.25, 0.3) is 0 Å². The molecule has 0 aliphatic carbocycles. The van der Waals surface area contributed by atoms with E-state index in [0.717, 1.165) is 0 Å². The van der Waals surface area contributed by atoms with Crippen molar-refractivity contribution in [1.29, 1.82) is 0 Å². The largest absolute Gasteiger partial charge is 0.481 e. The van der Waals surface area contributed by atoms with Crippen LogP contribution < -0.4 is 48.7 Å². The van der Waals surface area contributed by atoms with E-state index in [-0.39, 0.29) is 31.1 Å². The number of aliphatic carboxylic acids is 4. The Bertz CT molecular complexity index is 1950. The van der Waals surface area contributed by atoms with Crippen molar-refractivity contribution in [3.05, 3.63) is 35.9 Å². The molecule has 0 fully saturated rings. The van der Waals surface area contributed by atoms with Crippen LogP contribution in [0.15, 0.2) is 30.3 Å². The molecule has 1 rings (SSSR count). The summed E-state index contributed by atoms with van der Waals surface area (Å²) in [5, 5.41) is 53.4. The van der Waals surface area contributed by atoms with E-state index in [4.69, 9.17) is 16.6 Å². The quantitative estimate of drug-likeness (QED) is 0.0358. The smallest absolute Gasteiger partial charge is 0.325 e. The summed E-state index contributed by atoms with van der Waals surface area (Å²) in [4.78, 5) is 152. The fraction of sp³-hybridized carbons (Fsp3) is 0.571. The van der Waals surface area contributed by atoms with Crippen LogP contribution in [0.1, 0.15) is 91.5 Å². The molecule has 25 nitrogen and oxygen atoms in total. The SMILES string of the molecule is CC(C)CC(NC(=O)C(CC(C)C)NC(=O)C(Cc1ccccc1)NC(=O)C(CCC(=O)O)NC(=O)C(CC(N)=O)NC(=O)C(CC(=O)O)NC(=O)C(N)CCC(=O)O)C(=O)NC(C)C(=O)O. The molecule has 0 bridgehead atoms. The Balaban J connectivity index is 3.55. The Kier molecular flexibility index (Phi) is 24.7. The van der Waals surface area contributed by atoms with Gasteiger partial charge in [0.05, 0.1) is 18.9 Å². The van der Waals surface area contributed by atoms with Crippen LogP contribution in [0.5, 0.6) is 0 Å². The van der Waals surface area contributed by atoms with Gasteiger partial charge in [-0.05, 0) is 50.0 Å². The highest BCUT2D eigenvalue weighted by molar-refractivity contribution is 5.99. The van der Waals surface area contributed by atoms with Crippen molar-refractivity contribution in [3.8, 4) is 0 Å². The maximum absolute atomic E-state index is 14.1. The van der Waals surface area contributed by atoms with Crippen LogP contribution in [0.3, 0.4) is 0 Å². The Hall–Kier alpha value is -7.18. The van der Waals surface area contributed by atoms with Crippen LogP contribution in [0, 0.1) is 11.8 Å². The third-order valence-corrected chi connectivity index (χ3v) is 9.66. The number of amides is 8. The third-order valence-electron chi connectivity index (χ3n) is 9.66. The molecule has 1 aromatic carbocycles. The first-order valence-corrected chi connectivity index (χ1v) is 21.3. The topological polar surface area (TPSA) is 422 Å². The average molecular weight is 950 g/mol. The van der Waals surface area contributed by atoms with Crippen LogP contribution in [0.25, 0.3) is 0 Å². The number of carbonyl (C=O) groups is 12. The Morgan fingerprint density at radius 2 is 0.866 bits per heavy atom. The number of nitrogens with two attached hydrogens (primary N) is 2. The fourth-order valence-electron chi connectivity index (χ4n) is 6.22. The van der Waals surface area contributed by atoms with Crippen molar-refractivity contribution < 1.29 is 78.0 Å². The highest BCUT2D eigenvalue weighted by Crippen LogP contribution is 2.12. The van der Waals surface area contributed by atoms with Crippen molar-refractivity contribution in [1.82, 2.24) is 37.2 Å². The first-order chi connectivity index (χ1) is 31.2. The zero-order valence-corrected chi connectivity index (χ0v) is 37.9. The summed E-state index contributed by atoms with van der Waals surface area (Å²) in [6.45, 7) is 8.27. The van der Waals surface area contributed by atoms with Gasteiger partial charge in [-0.25, -0.2) is 0 Å². The van der Waals surface area contributed by atoms with Crippen LogP contribution in [0.2, 0.25) is 0 Å². The molecule has 15 N–H and O–H groups in total. The zero-order chi connectivity index (χ0) is 51.1. The maximum atomic E-state index is 14.1. The lowest BCUT2D eigenvalue weighted by molar-refractivity contribution is -0.142. The lowest BCUT2D eigenvalue weighted by Gasteiger charge is -2.28. The molecule has 8 amide bonds. The molecule has 1 aromatic rings. The number of carbonyl (C=O) groups excluding carboxylic acids is 8. The average Bonchev–Trinajstić information content (AvgIpc) is 3.22. The number of primary amides is 1. The van der Waals surface area contributed by atoms with Crippen LogP contribution in [-0.4, -0.2) is 140 Å². The number of nitrogens with one attached hydrogen (secondary N) is 7. The summed E-state index contributed by atoms with van der Waals surface area (Å²) in [6.07, 6.45) is -4.48. The summed E-state index contributed by atoms with van der Waals surface area (Å²) < 4.78 is 0. The van der Waals surface area contributed by atoms with Crippen molar-refractivity contribution >= 4 is 71.1 Å². The lowest BCUT2D eigenvalue weighted by atomic mass is 9.99. The minimum Gasteiger partial charge on any atom is -0.481 e. The van der Waals surface area contributed by atoms with E-state index in [9.17, 15) is 72.9 Å². The molecule has 0 aliphatic heterocycles. The van der Waals surface area contributed by atoms with Gasteiger partial charge in [-0.1, -0.05) is 58.0 Å². The van der Waals surface area contributed by atoms with E-state index in [1.54, 1.807) is 58.0 Å². The van der Waals surface area contributed by atoms with Gasteiger partial charge < -0.3 is 69.1 Å². The summed E-state index contributed by atoms with van der Waals surface area (Å²) in [7, 11) is 0.